The van der Waals surface area contributed by atoms with Gasteiger partial charge in [-0.1, -0.05) is 24.2 Å². The molecule has 1 fully saturated rings. The predicted molar refractivity (Wildman–Crippen MR) is 59.4 cm³/mol. The van der Waals surface area contributed by atoms with Crippen molar-refractivity contribution in [3.8, 4) is 0 Å². The van der Waals surface area contributed by atoms with Crippen LogP contribution in [0, 0.1) is 0 Å². The number of hydrogen-bond donors (Lipinski definition) is 1. The van der Waals surface area contributed by atoms with Gasteiger partial charge in [-0.2, -0.15) is 0 Å². The molecule has 0 aromatic rings. The van der Waals surface area contributed by atoms with Crippen LogP contribution in [0.4, 0.5) is 0 Å². The lowest BCUT2D eigenvalue weighted by atomic mass is 9.79. The number of aliphatic hydroxyl groups excluding tert-OH is 1. The van der Waals surface area contributed by atoms with Gasteiger partial charge in [0.2, 0.25) is 0 Å². The molecule has 0 saturated heterocycles. The van der Waals surface area contributed by atoms with Crippen molar-refractivity contribution in [3.63, 3.8) is 0 Å². The molecule has 1 nitrogen and oxygen atoms in total. The first-order valence-electron chi connectivity index (χ1n) is 4.86. The molecule has 0 aliphatic heterocycles. The van der Waals surface area contributed by atoms with E-state index in [0.717, 1.165) is 24.8 Å². The van der Waals surface area contributed by atoms with Crippen LogP contribution in [-0.2, 0) is 0 Å². The fraction of sp³-hybridized carbons (Fsp3) is 0.455. The molecular formula is C11H17BO. The van der Waals surface area contributed by atoms with Crippen molar-refractivity contribution in [1.82, 2.24) is 0 Å². The lowest BCUT2D eigenvalue weighted by Crippen LogP contribution is -2.17. The lowest BCUT2D eigenvalue weighted by molar-refractivity contribution is 0.191. The number of allylic oxidation sites excluding steroid dienone is 3. The van der Waals surface area contributed by atoms with E-state index in [1.165, 1.54) is 11.0 Å². The standard InChI is InChI=1S/C11H17BO/c1-3-5-10(12)9-6-4-7-11(13)8(9)2/h3,5,11,13H,2,4,6-7,12H2,1H3/b5-3-,10-9+. The summed E-state index contributed by atoms with van der Waals surface area (Å²) in [5.74, 6) is 0. The second-order valence-corrected chi connectivity index (χ2v) is 3.59. The van der Waals surface area contributed by atoms with E-state index >= 15 is 0 Å². The van der Waals surface area contributed by atoms with Crippen LogP contribution in [0.15, 0.2) is 35.3 Å². The molecule has 1 aliphatic rings. The first-order chi connectivity index (χ1) is 6.16. The molecule has 0 bridgehead atoms. The summed E-state index contributed by atoms with van der Waals surface area (Å²) in [5.41, 5.74) is 3.41. The van der Waals surface area contributed by atoms with Gasteiger partial charge >= 0.3 is 0 Å². The highest BCUT2D eigenvalue weighted by atomic mass is 16.3. The molecule has 0 spiro atoms. The van der Waals surface area contributed by atoms with Gasteiger partial charge in [0.05, 0.1) is 6.10 Å². The molecule has 1 aliphatic carbocycles. The van der Waals surface area contributed by atoms with Crippen molar-refractivity contribution < 1.29 is 5.11 Å². The Balaban J connectivity index is 2.90. The third-order valence-electron chi connectivity index (χ3n) is 2.59. The predicted octanol–water partition coefficient (Wildman–Crippen LogP) is 1.55. The summed E-state index contributed by atoms with van der Waals surface area (Å²) < 4.78 is 0. The Morgan fingerprint density at radius 3 is 3.00 bits per heavy atom. The summed E-state index contributed by atoms with van der Waals surface area (Å²) in [6, 6.07) is 0. The highest BCUT2D eigenvalue weighted by Gasteiger charge is 2.19. The van der Waals surface area contributed by atoms with E-state index in [1.807, 2.05) is 13.0 Å². The molecule has 1 saturated carbocycles. The molecule has 0 amide bonds. The third-order valence-corrected chi connectivity index (χ3v) is 2.59. The zero-order chi connectivity index (χ0) is 9.84. The summed E-state index contributed by atoms with van der Waals surface area (Å²) in [5, 5.41) is 9.61. The number of aliphatic hydroxyl groups is 1. The van der Waals surface area contributed by atoms with E-state index in [9.17, 15) is 5.11 Å². The van der Waals surface area contributed by atoms with Crippen LogP contribution in [0.1, 0.15) is 26.2 Å². The van der Waals surface area contributed by atoms with Crippen molar-refractivity contribution in [2.24, 2.45) is 0 Å². The van der Waals surface area contributed by atoms with Gasteiger partial charge in [-0.05, 0) is 37.3 Å². The van der Waals surface area contributed by atoms with Crippen LogP contribution in [0.3, 0.4) is 0 Å². The van der Waals surface area contributed by atoms with Crippen molar-refractivity contribution in [2.45, 2.75) is 32.3 Å². The smallest absolute Gasteiger partial charge is 0.139 e. The minimum Gasteiger partial charge on any atom is -0.388 e. The van der Waals surface area contributed by atoms with E-state index in [0.29, 0.717) is 0 Å². The summed E-state index contributed by atoms with van der Waals surface area (Å²) in [6.07, 6.45) is 6.79. The van der Waals surface area contributed by atoms with Crippen LogP contribution in [-0.4, -0.2) is 19.1 Å². The summed E-state index contributed by atoms with van der Waals surface area (Å²) in [6.45, 7) is 5.94. The van der Waals surface area contributed by atoms with Gasteiger partial charge in [0.15, 0.2) is 0 Å². The quantitative estimate of drug-likeness (QED) is 0.601. The highest BCUT2D eigenvalue weighted by Crippen LogP contribution is 2.29. The zero-order valence-corrected chi connectivity index (χ0v) is 8.51. The Labute approximate surface area is 81.3 Å². The van der Waals surface area contributed by atoms with Gasteiger partial charge in [0, 0.05) is 0 Å². The van der Waals surface area contributed by atoms with E-state index in [2.05, 4.69) is 20.5 Å². The third kappa shape index (κ3) is 2.34. The Bertz CT molecular complexity index is 263. The van der Waals surface area contributed by atoms with E-state index < -0.39 is 0 Å². The van der Waals surface area contributed by atoms with E-state index in [-0.39, 0.29) is 6.10 Å². The molecule has 0 aromatic heterocycles. The van der Waals surface area contributed by atoms with Crippen molar-refractivity contribution in [2.75, 3.05) is 0 Å². The Kier molecular flexibility index (Phi) is 3.55. The van der Waals surface area contributed by atoms with Crippen molar-refractivity contribution in [1.29, 1.82) is 0 Å². The van der Waals surface area contributed by atoms with E-state index in [4.69, 9.17) is 0 Å². The summed E-state index contributed by atoms with van der Waals surface area (Å²) in [4.78, 5) is 0. The lowest BCUT2D eigenvalue weighted by Gasteiger charge is -2.24. The molecule has 70 valence electrons. The van der Waals surface area contributed by atoms with Crippen molar-refractivity contribution >= 4 is 7.85 Å². The Morgan fingerprint density at radius 1 is 1.69 bits per heavy atom. The monoisotopic (exact) mass is 176 g/mol. The minimum absolute atomic E-state index is 0.316. The van der Waals surface area contributed by atoms with Gasteiger partial charge in [0.1, 0.15) is 7.85 Å². The number of rotatable bonds is 1. The van der Waals surface area contributed by atoms with Crippen LogP contribution in [0.25, 0.3) is 0 Å². The second-order valence-electron chi connectivity index (χ2n) is 3.59. The van der Waals surface area contributed by atoms with Gasteiger partial charge in [-0.15, -0.1) is 0 Å². The molecule has 1 N–H and O–H groups in total. The normalized spacial score (nSPS) is 28.2. The van der Waals surface area contributed by atoms with Gasteiger partial charge in [-0.3, -0.25) is 0 Å². The molecule has 13 heavy (non-hydrogen) atoms. The molecule has 0 radical (unpaired) electrons. The number of hydrogen-bond acceptors (Lipinski definition) is 1. The average Bonchev–Trinajstić information content (AvgIpc) is 2.10. The maximum atomic E-state index is 9.61. The maximum Gasteiger partial charge on any atom is 0.139 e. The van der Waals surface area contributed by atoms with Gasteiger partial charge in [0.25, 0.3) is 0 Å². The maximum absolute atomic E-state index is 9.61. The summed E-state index contributed by atoms with van der Waals surface area (Å²) >= 11 is 0. The van der Waals surface area contributed by atoms with Gasteiger partial charge < -0.3 is 5.11 Å². The fourth-order valence-corrected chi connectivity index (χ4v) is 1.81. The summed E-state index contributed by atoms with van der Waals surface area (Å²) in [7, 11) is 2.08. The van der Waals surface area contributed by atoms with Crippen LogP contribution in [0.2, 0.25) is 0 Å². The highest BCUT2D eigenvalue weighted by molar-refractivity contribution is 6.24. The molecule has 2 heteroatoms. The molecule has 1 unspecified atom stereocenters. The second kappa shape index (κ2) is 4.47. The van der Waals surface area contributed by atoms with Crippen LogP contribution >= 0.6 is 0 Å². The Hall–Kier alpha value is -0.755. The SMILES string of the molecule is BC(/C=C\C)=C1\CCCC(O)C1=C. The minimum atomic E-state index is -0.316. The van der Waals surface area contributed by atoms with Crippen LogP contribution < -0.4 is 0 Å². The molecule has 0 heterocycles. The van der Waals surface area contributed by atoms with Crippen LogP contribution in [0.5, 0.6) is 0 Å². The zero-order valence-electron chi connectivity index (χ0n) is 8.51. The average molecular weight is 176 g/mol. The molecule has 1 rings (SSSR count). The topological polar surface area (TPSA) is 20.2 Å². The molecule has 1 atom stereocenters. The first-order valence-corrected chi connectivity index (χ1v) is 4.86. The van der Waals surface area contributed by atoms with Crippen molar-refractivity contribution in [3.05, 3.63) is 35.3 Å². The van der Waals surface area contributed by atoms with Gasteiger partial charge in [-0.25, -0.2) is 0 Å². The Morgan fingerprint density at radius 2 is 2.38 bits per heavy atom. The first kappa shape index (κ1) is 10.3. The molecular weight excluding hydrogens is 159 g/mol. The van der Waals surface area contributed by atoms with E-state index in [1.54, 1.807) is 0 Å². The molecule has 0 aromatic carbocycles. The largest absolute Gasteiger partial charge is 0.388 e. The fourth-order valence-electron chi connectivity index (χ4n) is 1.81.